The molecular formula is C15H20O2. The van der Waals surface area contributed by atoms with E-state index < -0.39 is 0 Å². The van der Waals surface area contributed by atoms with E-state index in [0.29, 0.717) is 6.61 Å². The third-order valence-electron chi connectivity index (χ3n) is 3.40. The molecule has 2 nitrogen and oxygen atoms in total. The Morgan fingerprint density at radius 1 is 1.29 bits per heavy atom. The van der Waals surface area contributed by atoms with E-state index in [1.54, 1.807) is 6.08 Å². The fraction of sp³-hybridized carbons (Fsp3) is 0.467. The number of aliphatic hydroxyl groups excluding tert-OH is 1. The van der Waals surface area contributed by atoms with Gasteiger partial charge in [-0.2, -0.15) is 0 Å². The lowest BCUT2D eigenvalue weighted by atomic mass is 9.81. The van der Waals surface area contributed by atoms with Crippen molar-refractivity contribution in [1.29, 1.82) is 0 Å². The zero-order valence-electron chi connectivity index (χ0n) is 10.1. The number of hydrogen-bond acceptors (Lipinski definition) is 2. The van der Waals surface area contributed by atoms with Crippen LogP contribution < -0.4 is 4.74 Å². The molecule has 17 heavy (non-hydrogen) atoms. The standard InChI is InChI=1S/C15H20O2/c1-2-11-17-15-10-6-4-8-13(15)12-7-3-5-9-14(12)16/h2,4,6,8,10,12,14,16H,1,3,5,7,9,11H2/t12-,14+/m0/s1. The van der Waals surface area contributed by atoms with E-state index in [9.17, 15) is 5.11 Å². The predicted octanol–water partition coefficient (Wildman–Crippen LogP) is 3.27. The fourth-order valence-electron chi connectivity index (χ4n) is 2.54. The van der Waals surface area contributed by atoms with Gasteiger partial charge in [0, 0.05) is 5.92 Å². The van der Waals surface area contributed by atoms with Crippen LogP contribution in [0.3, 0.4) is 0 Å². The summed E-state index contributed by atoms with van der Waals surface area (Å²) in [6.45, 7) is 4.17. The molecule has 0 saturated heterocycles. The Labute approximate surface area is 103 Å². The Morgan fingerprint density at radius 3 is 2.82 bits per heavy atom. The van der Waals surface area contributed by atoms with Gasteiger partial charge < -0.3 is 9.84 Å². The Kier molecular flexibility index (Phi) is 4.21. The molecule has 0 radical (unpaired) electrons. The largest absolute Gasteiger partial charge is 0.489 e. The lowest BCUT2D eigenvalue weighted by molar-refractivity contribution is 0.105. The van der Waals surface area contributed by atoms with Crippen molar-refractivity contribution in [2.24, 2.45) is 0 Å². The van der Waals surface area contributed by atoms with Gasteiger partial charge in [-0.1, -0.05) is 43.7 Å². The minimum atomic E-state index is -0.225. The van der Waals surface area contributed by atoms with Crippen molar-refractivity contribution in [3.8, 4) is 5.75 Å². The van der Waals surface area contributed by atoms with E-state index in [1.165, 1.54) is 6.42 Å². The van der Waals surface area contributed by atoms with Gasteiger partial charge in [-0.05, 0) is 24.5 Å². The van der Waals surface area contributed by atoms with Crippen LogP contribution in [-0.2, 0) is 0 Å². The Bertz CT molecular complexity index is 373. The maximum absolute atomic E-state index is 10.1. The molecule has 1 aromatic carbocycles. The molecule has 1 aliphatic rings. The molecule has 2 heteroatoms. The van der Waals surface area contributed by atoms with Crippen molar-refractivity contribution in [3.63, 3.8) is 0 Å². The highest BCUT2D eigenvalue weighted by atomic mass is 16.5. The van der Waals surface area contributed by atoms with Gasteiger partial charge in [-0.3, -0.25) is 0 Å². The van der Waals surface area contributed by atoms with Gasteiger partial charge in [0.2, 0.25) is 0 Å². The van der Waals surface area contributed by atoms with E-state index in [0.717, 1.165) is 30.6 Å². The monoisotopic (exact) mass is 232 g/mol. The second kappa shape index (κ2) is 5.87. The first kappa shape index (κ1) is 12.2. The van der Waals surface area contributed by atoms with Crippen LogP contribution in [0.25, 0.3) is 0 Å². The topological polar surface area (TPSA) is 29.5 Å². The summed E-state index contributed by atoms with van der Waals surface area (Å²) in [5.74, 6) is 1.11. The zero-order chi connectivity index (χ0) is 12.1. The molecule has 92 valence electrons. The first-order valence-corrected chi connectivity index (χ1v) is 6.33. The summed E-state index contributed by atoms with van der Waals surface area (Å²) in [5, 5.41) is 10.1. The van der Waals surface area contributed by atoms with Gasteiger partial charge in [0.05, 0.1) is 6.10 Å². The third-order valence-corrected chi connectivity index (χ3v) is 3.40. The van der Waals surface area contributed by atoms with E-state index in [2.05, 4.69) is 12.6 Å². The third kappa shape index (κ3) is 2.89. The summed E-state index contributed by atoms with van der Waals surface area (Å²) in [6.07, 6.45) is 5.80. The average Bonchev–Trinajstić information content (AvgIpc) is 2.37. The minimum absolute atomic E-state index is 0.225. The number of hydrogen-bond donors (Lipinski definition) is 1. The number of rotatable bonds is 4. The number of para-hydroxylation sites is 1. The van der Waals surface area contributed by atoms with Crippen molar-refractivity contribution in [1.82, 2.24) is 0 Å². The molecule has 0 aliphatic heterocycles. The Balaban J connectivity index is 2.20. The SMILES string of the molecule is C=CCOc1ccccc1[C@@H]1CCCC[C@H]1O. The highest BCUT2D eigenvalue weighted by Crippen LogP contribution is 2.37. The molecule has 1 fully saturated rings. The molecule has 1 saturated carbocycles. The van der Waals surface area contributed by atoms with Gasteiger partial charge >= 0.3 is 0 Å². The number of aliphatic hydroxyl groups is 1. The Hall–Kier alpha value is -1.28. The normalized spacial score (nSPS) is 24.3. The first-order valence-electron chi connectivity index (χ1n) is 6.33. The molecule has 0 spiro atoms. The van der Waals surface area contributed by atoms with E-state index in [4.69, 9.17) is 4.74 Å². The molecular weight excluding hydrogens is 212 g/mol. The maximum Gasteiger partial charge on any atom is 0.123 e. The highest BCUT2D eigenvalue weighted by Gasteiger charge is 2.26. The smallest absolute Gasteiger partial charge is 0.123 e. The minimum Gasteiger partial charge on any atom is -0.489 e. The molecule has 0 unspecified atom stereocenters. The highest BCUT2D eigenvalue weighted by molar-refractivity contribution is 5.37. The summed E-state index contributed by atoms with van der Waals surface area (Å²) < 4.78 is 5.66. The van der Waals surface area contributed by atoms with E-state index in [-0.39, 0.29) is 12.0 Å². The predicted molar refractivity (Wildman–Crippen MR) is 69.3 cm³/mol. The molecule has 2 rings (SSSR count). The van der Waals surface area contributed by atoms with E-state index in [1.807, 2.05) is 18.2 Å². The molecule has 0 bridgehead atoms. The second-order valence-corrected chi connectivity index (χ2v) is 4.60. The van der Waals surface area contributed by atoms with Crippen LogP contribution in [0.15, 0.2) is 36.9 Å². The van der Waals surface area contributed by atoms with Crippen molar-refractivity contribution < 1.29 is 9.84 Å². The van der Waals surface area contributed by atoms with Crippen LogP contribution in [0, 0.1) is 0 Å². The molecule has 1 aromatic rings. The van der Waals surface area contributed by atoms with Gasteiger partial charge in [0.1, 0.15) is 12.4 Å². The van der Waals surface area contributed by atoms with Crippen LogP contribution in [-0.4, -0.2) is 17.8 Å². The summed E-state index contributed by atoms with van der Waals surface area (Å²) in [4.78, 5) is 0. The second-order valence-electron chi connectivity index (χ2n) is 4.60. The molecule has 1 aliphatic carbocycles. The fourth-order valence-corrected chi connectivity index (χ4v) is 2.54. The van der Waals surface area contributed by atoms with Crippen LogP contribution in [0.4, 0.5) is 0 Å². The van der Waals surface area contributed by atoms with Gasteiger partial charge in [0.15, 0.2) is 0 Å². The van der Waals surface area contributed by atoms with Gasteiger partial charge in [-0.25, -0.2) is 0 Å². The molecule has 2 atom stereocenters. The van der Waals surface area contributed by atoms with Crippen molar-refractivity contribution in [3.05, 3.63) is 42.5 Å². The van der Waals surface area contributed by atoms with Crippen LogP contribution >= 0.6 is 0 Å². The van der Waals surface area contributed by atoms with Crippen molar-refractivity contribution in [2.75, 3.05) is 6.61 Å². The molecule has 0 heterocycles. The number of ether oxygens (including phenoxy) is 1. The summed E-state index contributed by atoms with van der Waals surface area (Å²) in [5.41, 5.74) is 1.14. The lowest BCUT2D eigenvalue weighted by Gasteiger charge is -2.29. The molecule has 0 aromatic heterocycles. The zero-order valence-corrected chi connectivity index (χ0v) is 10.1. The summed E-state index contributed by atoms with van der Waals surface area (Å²) in [6, 6.07) is 8.02. The Morgan fingerprint density at radius 2 is 2.06 bits per heavy atom. The summed E-state index contributed by atoms with van der Waals surface area (Å²) in [7, 11) is 0. The first-order chi connectivity index (χ1) is 8.33. The van der Waals surface area contributed by atoms with Crippen LogP contribution in [0.5, 0.6) is 5.75 Å². The van der Waals surface area contributed by atoms with Gasteiger partial charge in [0.25, 0.3) is 0 Å². The van der Waals surface area contributed by atoms with Crippen LogP contribution in [0.2, 0.25) is 0 Å². The van der Waals surface area contributed by atoms with Gasteiger partial charge in [-0.15, -0.1) is 0 Å². The maximum atomic E-state index is 10.1. The molecule has 0 amide bonds. The van der Waals surface area contributed by atoms with Crippen molar-refractivity contribution in [2.45, 2.75) is 37.7 Å². The van der Waals surface area contributed by atoms with E-state index >= 15 is 0 Å². The number of benzene rings is 1. The average molecular weight is 232 g/mol. The van der Waals surface area contributed by atoms with Crippen LogP contribution in [0.1, 0.15) is 37.2 Å². The van der Waals surface area contributed by atoms with Crippen molar-refractivity contribution >= 4 is 0 Å². The lowest BCUT2D eigenvalue weighted by Crippen LogP contribution is -2.23. The molecule has 1 N–H and O–H groups in total. The summed E-state index contributed by atoms with van der Waals surface area (Å²) >= 11 is 0. The quantitative estimate of drug-likeness (QED) is 0.807.